The molecule has 2 aromatic carbocycles. The maximum atomic E-state index is 5.35. The van der Waals surface area contributed by atoms with Gasteiger partial charge in [0.1, 0.15) is 0 Å². The smallest absolute Gasteiger partial charge is 0.177 e. The highest BCUT2D eigenvalue weighted by atomic mass is 32.1. The Kier molecular flexibility index (Phi) is 4.79. The fourth-order valence-corrected chi connectivity index (χ4v) is 5.42. The Morgan fingerprint density at radius 1 is 1.14 bits per heavy atom. The molecule has 1 N–H and O–H groups in total. The summed E-state index contributed by atoms with van der Waals surface area (Å²) in [6, 6.07) is 14.9. The second-order valence-electron chi connectivity index (χ2n) is 7.69. The quantitative estimate of drug-likeness (QED) is 0.434. The number of fused-ring (bicyclic) bond motifs is 4. The molecule has 3 heterocycles. The van der Waals surface area contributed by atoms with Crippen LogP contribution in [0.3, 0.4) is 0 Å². The number of aryl methyl sites for hydroxylation is 1. The minimum absolute atomic E-state index is 0.840. The molecule has 0 fully saturated rings. The van der Waals surface area contributed by atoms with Gasteiger partial charge in [-0.25, -0.2) is 0 Å². The van der Waals surface area contributed by atoms with Crippen LogP contribution in [0.2, 0.25) is 0 Å². The van der Waals surface area contributed by atoms with Gasteiger partial charge in [0, 0.05) is 29.2 Å². The third-order valence-electron chi connectivity index (χ3n) is 5.64. The highest BCUT2D eigenvalue weighted by molar-refractivity contribution is 7.19. The standard InChI is InChI=1S/C23H25N3OS/c1-16-8-9-17-19-15-26(13-10-21(19)28-22(17)14-16)12-5-4-11-24-23-18-6-2-3-7-20(18)27-25-23/h2-3,6-9,14H,4-5,10-13,15H2,1H3,(H,24,25). The van der Waals surface area contributed by atoms with Gasteiger partial charge in [0.2, 0.25) is 0 Å². The van der Waals surface area contributed by atoms with Gasteiger partial charge in [-0.3, -0.25) is 4.90 Å². The second-order valence-corrected chi connectivity index (χ2v) is 8.83. The Bertz CT molecular complexity index is 1110. The van der Waals surface area contributed by atoms with Gasteiger partial charge in [0.05, 0.1) is 5.39 Å². The topological polar surface area (TPSA) is 41.3 Å². The van der Waals surface area contributed by atoms with E-state index in [1.54, 1.807) is 10.4 Å². The molecule has 0 unspecified atom stereocenters. The van der Waals surface area contributed by atoms with E-state index in [4.69, 9.17) is 4.52 Å². The number of unbranched alkanes of at least 4 members (excludes halogenated alkanes) is 1. The van der Waals surface area contributed by atoms with Crippen LogP contribution >= 0.6 is 11.3 Å². The van der Waals surface area contributed by atoms with E-state index in [-0.39, 0.29) is 0 Å². The van der Waals surface area contributed by atoms with Crippen LogP contribution in [0.15, 0.2) is 47.0 Å². The van der Waals surface area contributed by atoms with Crippen molar-refractivity contribution in [2.45, 2.75) is 32.7 Å². The Labute approximate surface area is 169 Å². The van der Waals surface area contributed by atoms with Crippen molar-refractivity contribution in [3.05, 3.63) is 58.5 Å². The minimum atomic E-state index is 0.840. The summed E-state index contributed by atoms with van der Waals surface area (Å²) in [5, 5.41) is 10.1. The first-order valence-corrected chi connectivity index (χ1v) is 10.9. The summed E-state index contributed by atoms with van der Waals surface area (Å²) in [5.41, 5.74) is 3.76. The van der Waals surface area contributed by atoms with E-state index >= 15 is 0 Å². The number of nitrogens with zero attached hydrogens (tertiary/aromatic N) is 2. The van der Waals surface area contributed by atoms with E-state index < -0.39 is 0 Å². The number of rotatable bonds is 6. The van der Waals surface area contributed by atoms with Crippen molar-refractivity contribution >= 4 is 38.2 Å². The van der Waals surface area contributed by atoms with Crippen LogP contribution in [0.5, 0.6) is 0 Å². The molecule has 1 aliphatic rings. The van der Waals surface area contributed by atoms with Crippen molar-refractivity contribution in [3.8, 4) is 0 Å². The molecule has 144 valence electrons. The van der Waals surface area contributed by atoms with E-state index in [1.165, 1.54) is 35.0 Å². The van der Waals surface area contributed by atoms with Gasteiger partial charge >= 0.3 is 0 Å². The Balaban J connectivity index is 1.14. The summed E-state index contributed by atoms with van der Waals surface area (Å²) in [6.45, 7) is 6.54. The predicted molar refractivity (Wildman–Crippen MR) is 117 cm³/mol. The molecular weight excluding hydrogens is 366 g/mol. The number of thiophene rings is 1. The molecular formula is C23H25N3OS. The summed E-state index contributed by atoms with van der Waals surface area (Å²) < 4.78 is 6.80. The van der Waals surface area contributed by atoms with Crippen molar-refractivity contribution in [1.82, 2.24) is 10.1 Å². The van der Waals surface area contributed by atoms with E-state index in [0.29, 0.717) is 0 Å². The van der Waals surface area contributed by atoms with Crippen LogP contribution in [-0.4, -0.2) is 29.7 Å². The van der Waals surface area contributed by atoms with Crippen LogP contribution < -0.4 is 5.32 Å². The molecule has 0 saturated heterocycles. The third-order valence-corrected chi connectivity index (χ3v) is 6.89. The van der Waals surface area contributed by atoms with Gasteiger partial charge in [-0.15, -0.1) is 11.3 Å². The van der Waals surface area contributed by atoms with E-state index in [9.17, 15) is 0 Å². The fourth-order valence-electron chi connectivity index (χ4n) is 4.12. The molecule has 4 aromatic rings. The summed E-state index contributed by atoms with van der Waals surface area (Å²) >= 11 is 1.99. The minimum Gasteiger partial charge on any atom is -0.367 e. The molecule has 0 aliphatic carbocycles. The van der Waals surface area contributed by atoms with Gasteiger partial charge < -0.3 is 9.84 Å². The van der Waals surface area contributed by atoms with Crippen molar-refractivity contribution < 1.29 is 4.52 Å². The lowest BCUT2D eigenvalue weighted by Gasteiger charge is -2.27. The average molecular weight is 392 g/mol. The first-order chi connectivity index (χ1) is 13.8. The molecule has 5 heteroatoms. The largest absolute Gasteiger partial charge is 0.367 e. The maximum absolute atomic E-state index is 5.35. The SMILES string of the molecule is Cc1ccc2c3c(sc2c1)CCN(CCCCNc1noc2ccccc12)C3. The van der Waals surface area contributed by atoms with E-state index in [2.05, 4.69) is 40.5 Å². The van der Waals surface area contributed by atoms with Gasteiger partial charge in [-0.1, -0.05) is 29.4 Å². The molecule has 28 heavy (non-hydrogen) atoms. The molecule has 0 atom stereocenters. The number of nitrogens with one attached hydrogen (secondary N) is 1. The zero-order chi connectivity index (χ0) is 18.9. The van der Waals surface area contributed by atoms with Crippen LogP contribution in [0.4, 0.5) is 5.82 Å². The number of hydrogen-bond acceptors (Lipinski definition) is 5. The highest BCUT2D eigenvalue weighted by Gasteiger charge is 2.20. The molecule has 0 amide bonds. The lowest BCUT2D eigenvalue weighted by molar-refractivity contribution is 0.253. The average Bonchev–Trinajstić information content (AvgIpc) is 3.28. The zero-order valence-electron chi connectivity index (χ0n) is 16.2. The highest BCUT2D eigenvalue weighted by Crippen LogP contribution is 2.35. The Morgan fingerprint density at radius 3 is 3.04 bits per heavy atom. The second kappa shape index (κ2) is 7.57. The third kappa shape index (κ3) is 3.40. The number of hydrogen-bond donors (Lipinski definition) is 1. The van der Waals surface area contributed by atoms with Crippen molar-refractivity contribution in [1.29, 1.82) is 0 Å². The molecule has 4 nitrogen and oxygen atoms in total. The molecule has 0 bridgehead atoms. The van der Waals surface area contributed by atoms with Gasteiger partial charge in [-0.05, 0) is 67.4 Å². The predicted octanol–water partition coefficient (Wildman–Crippen LogP) is 5.60. The molecule has 0 spiro atoms. The maximum Gasteiger partial charge on any atom is 0.177 e. The Morgan fingerprint density at radius 2 is 2.07 bits per heavy atom. The molecule has 2 aromatic heterocycles. The summed E-state index contributed by atoms with van der Waals surface area (Å²) in [5.74, 6) is 0.859. The van der Waals surface area contributed by atoms with Gasteiger partial charge in [-0.2, -0.15) is 0 Å². The number of para-hydroxylation sites is 1. The zero-order valence-corrected chi connectivity index (χ0v) is 17.0. The molecule has 0 radical (unpaired) electrons. The molecule has 5 rings (SSSR count). The first kappa shape index (κ1) is 17.7. The lowest BCUT2D eigenvalue weighted by atomic mass is 10.0. The van der Waals surface area contributed by atoms with E-state index in [0.717, 1.165) is 42.8 Å². The van der Waals surface area contributed by atoms with E-state index in [1.807, 2.05) is 35.6 Å². The van der Waals surface area contributed by atoms with Crippen molar-refractivity contribution in [2.75, 3.05) is 25.0 Å². The summed E-state index contributed by atoms with van der Waals surface area (Å²) in [7, 11) is 0. The summed E-state index contributed by atoms with van der Waals surface area (Å²) in [6.07, 6.45) is 3.52. The normalized spacial score (nSPS) is 14.6. The van der Waals surface area contributed by atoms with Crippen LogP contribution in [0, 0.1) is 6.92 Å². The number of aromatic nitrogens is 1. The lowest BCUT2D eigenvalue weighted by Crippen LogP contribution is -2.30. The molecule has 1 aliphatic heterocycles. The monoisotopic (exact) mass is 391 g/mol. The van der Waals surface area contributed by atoms with Crippen molar-refractivity contribution in [3.63, 3.8) is 0 Å². The summed E-state index contributed by atoms with van der Waals surface area (Å²) in [4.78, 5) is 4.20. The van der Waals surface area contributed by atoms with Gasteiger partial charge in [0.15, 0.2) is 11.4 Å². The fraction of sp³-hybridized carbons (Fsp3) is 0.348. The Hall–Kier alpha value is -2.37. The molecule has 0 saturated carbocycles. The van der Waals surface area contributed by atoms with Crippen LogP contribution in [0.25, 0.3) is 21.1 Å². The number of benzene rings is 2. The van der Waals surface area contributed by atoms with Gasteiger partial charge in [0.25, 0.3) is 0 Å². The number of anilines is 1. The van der Waals surface area contributed by atoms with Crippen molar-refractivity contribution in [2.24, 2.45) is 0 Å². The van der Waals surface area contributed by atoms with Crippen LogP contribution in [0.1, 0.15) is 28.8 Å². The van der Waals surface area contributed by atoms with Crippen LogP contribution in [-0.2, 0) is 13.0 Å². The first-order valence-electron chi connectivity index (χ1n) is 10.1.